The van der Waals surface area contributed by atoms with Crippen molar-refractivity contribution in [3.63, 3.8) is 0 Å². The first-order valence-electron chi connectivity index (χ1n) is 8.24. The Morgan fingerprint density at radius 1 is 1.16 bits per heavy atom. The normalized spacial score (nSPS) is 26.7. The van der Waals surface area contributed by atoms with Crippen molar-refractivity contribution in [2.24, 2.45) is 11.1 Å². The van der Waals surface area contributed by atoms with Gasteiger partial charge < -0.3 is 15.7 Å². The van der Waals surface area contributed by atoms with Crippen LogP contribution in [-0.4, -0.2) is 41.8 Å². The molecule has 0 amide bonds. The first-order chi connectivity index (χ1) is 9.11. The summed E-state index contributed by atoms with van der Waals surface area (Å²) in [6.07, 6.45) is 11.6. The first kappa shape index (κ1) is 15.3. The summed E-state index contributed by atoms with van der Waals surface area (Å²) in [5.74, 6) is 0. The van der Waals surface area contributed by atoms with Crippen molar-refractivity contribution in [1.82, 2.24) is 4.90 Å². The van der Waals surface area contributed by atoms with Crippen molar-refractivity contribution < 1.29 is 5.11 Å². The molecule has 3 heteroatoms. The van der Waals surface area contributed by atoms with Crippen LogP contribution in [0.1, 0.15) is 64.7 Å². The predicted molar refractivity (Wildman–Crippen MR) is 80.1 cm³/mol. The van der Waals surface area contributed by atoms with E-state index in [0.717, 1.165) is 31.2 Å². The van der Waals surface area contributed by atoms with Gasteiger partial charge in [-0.1, -0.05) is 19.8 Å². The maximum absolute atomic E-state index is 9.32. The summed E-state index contributed by atoms with van der Waals surface area (Å²) in [7, 11) is 0. The summed E-state index contributed by atoms with van der Waals surface area (Å²) in [6.45, 7) is 5.91. The molecular weight excluding hydrogens is 236 g/mol. The summed E-state index contributed by atoms with van der Waals surface area (Å²) < 4.78 is 0. The Morgan fingerprint density at radius 3 is 2.32 bits per heavy atom. The number of likely N-dealkylation sites (tertiary alicyclic amines) is 1. The van der Waals surface area contributed by atoms with Crippen molar-refractivity contribution in [3.8, 4) is 0 Å². The van der Waals surface area contributed by atoms with Crippen molar-refractivity contribution >= 4 is 0 Å². The molecule has 0 aromatic carbocycles. The van der Waals surface area contributed by atoms with Crippen LogP contribution in [0, 0.1) is 5.41 Å². The Hall–Kier alpha value is -0.120. The fourth-order valence-corrected chi connectivity index (χ4v) is 3.90. The van der Waals surface area contributed by atoms with E-state index in [1.165, 1.54) is 51.6 Å². The van der Waals surface area contributed by atoms with Crippen LogP contribution in [0.3, 0.4) is 0 Å². The maximum atomic E-state index is 9.32. The first-order valence-corrected chi connectivity index (χ1v) is 8.24. The van der Waals surface area contributed by atoms with Gasteiger partial charge in [0.1, 0.15) is 0 Å². The smallest absolute Gasteiger partial charge is 0.0611 e. The number of rotatable bonds is 6. The van der Waals surface area contributed by atoms with E-state index in [1.807, 2.05) is 0 Å². The lowest BCUT2D eigenvalue weighted by Crippen LogP contribution is -2.44. The highest BCUT2D eigenvalue weighted by molar-refractivity contribution is 4.90. The largest absolute Gasteiger partial charge is 0.394 e. The van der Waals surface area contributed by atoms with Gasteiger partial charge in [0.2, 0.25) is 0 Å². The highest BCUT2D eigenvalue weighted by Crippen LogP contribution is 2.46. The highest BCUT2D eigenvalue weighted by atomic mass is 16.3. The van der Waals surface area contributed by atoms with Crippen molar-refractivity contribution in [2.75, 3.05) is 26.2 Å². The lowest BCUT2D eigenvalue weighted by Gasteiger charge is -2.39. The molecule has 112 valence electrons. The molecule has 1 aliphatic carbocycles. The van der Waals surface area contributed by atoms with E-state index in [1.54, 1.807) is 0 Å². The van der Waals surface area contributed by atoms with Gasteiger partial charge in [0.25, 0.3) is 0 Å². The molecule has 1 heterocycles. The number of aliphatic hydroxyl groups excluding tert-OH is 1. The second kappa shape index (κ2) is 6.55. The van der Waals surface area contributed by atoms with Crippen LogP contribution >= 0.6 is 0 Å². The Bertz CT molecular complexity index is 260. The van der Waals surface area contributed by atoms with Crippen LogP contribution in [0.5, 0.6) is 0 Å². The van der Waals surface area contributed by atoms with Crippen LogP contribution < -0.4 is 5.73 Å². The Balaban J connectivity index is 1.66. The zero-order valence-corrected chi connectivity index (χ0v) is 12.7. The van der Waals surface area contributed by atoms with E-state index >= 15 is 0 Å². The van der Waals surface area contributed by atoms with Gasteiger partial charge in [-0.2, -0.15) is 0 Å². The van der Waals surface area contributed by atoms with Crippen molar-refractivity contribution in [2.45, 2.75) is 70.3 Å². The van der Waals surface area contributed by atoms with E-state index in [9.17, 15) is 5.11 Å². The fraction of sp³-hybridized carbons (Fsp3) is 1.00. The van der Waals surface area contributed by atoms with E-state index in [2.05, 4.69) is 11.8 Å². The molecular formula is C16H32N2O. The molecule has 0 aromatic rings. The number of aliphatic hydroxyl groups is 1. The van der Waals surface area contributed by atoms with Gasteiger partial charge in [-0.15, -0.1) is 0 Å². The second-order valence-corrected chi connectivity index (χ2v) is 7.03. The maximum Gasteiger partial charge on any atom is 0.0611 e. The van der Waals surface area contributed by atoms with Gasteiger partial charge >= 0.3 is 0 Å². The minimum Gasteiger partial charge on any atom is -0.394 e. The van der Waals surface area contributed by atoms with Crippen LogP contribution in [0.2, 0.25) is 0 Å². The number of hydrogen-bond donors (Lipinski definition) is 2. The summed E-state index contributed by atoms with van der Waals surface area (Å²) in [5, 5.41) is 9.32. The van der Waals surface area contributed by atoms with Gasteiger partial charge in [0.05, 0.1) is 6.61 Å². The Labute approximate surface area is 118 Å². The molecule has 2 rings (SSSR count). The average Bonchev–Trinajstić information content (AvgIpc) is 2.89. The number of nitrogens with zero attached hydrogens (tertiary/aromatic N) is 1. The topological polar surface area (TPSA) is 49.5 Å². The average molecular weight is 268 g/mol. The number of piperidine rings is 1. The highest BCUT2D eigenvalue weighted by Gasteiger charge is 2.36. The van der Waals surface area contributed by atoms with Gasteiger partial charge in [-0.25, -0.2) is 0 Å². The number of hydrogen-bond acceptors (Lipinski definition) is 3. The summed E-state index contributed by atoms with van der Waals surface area (Å²) in [5.41, 5.74) is 6.52. The van der Waals surface area contributed by atoms with Crippen LogP contribution in [0.15, 0.2) is 0 Å². The third-order valence-corrected chi connectivity index (χ3v) is 5.75. The number of nitrogens with two attached hydrogens (primary N) is 1. The Kier molecular flexibility index (Phi) is 5.27. The zero-order valence-electron chi connectivity index (χ0n) is 12.7. The molecule has 0 radical (unpaired) electrons. The molecule has 1 unspecified atom stereocenters. The molecule has 1 saturated carbocycles. The molecule has 1 spiro atoms. The minimum absolute atomic E-state index is 0.118. The lowest BCUT2D eigenvalue weighted by molar-refractivity contribution is 0.102. The van der Waals surface area contributed by atoms with E-state index < -0.39 is 0 Å². The molecule has 19 heavy (non-hydrogen) atoms. The lowest BCUT2D eigenvalue weighted by atomic mass is 9.77. The van der Waals surface area contributed by atoms with E-state index in [4.69, 9.17) is 5.73 Å². The SMILES string of the molecule is CCC(N)(CO)CCCN1CCC2(CCCC2)CC1. The second-order valence-electron chi connectivity index (χ2n) is 7.03. The Morgan fingerprint density at radius 2 is 1.79 bits per heavy atom. The third-order valence-electron chi connectivity index (χ3n) is 5.75. The molecule has 1 atom stereocenters. The van der Waals surface area contributed by atoms with Gasteiger partial charge in [0, 0.05) is 5.54 Å². The zero-order chi connectivity index (χ0) is 13.8. The standard InChI is InChI=1S/C16H32N2O/c1-2-16(17,14-19)8-5-11-18-12-9-15(10-13-18)6-3-4-7-15/h19H,2-14,17H2,1H3. The third kappa shape index (κ3) is 3.93. The predicted octanol–water partition coefficient (Wildman–Crippen LogP) is 2.52. The van der Waals surface area contributed by atoms with Crippen molar-refractivity contribution in [1.29, 1.82) is 0 Å². The molecule has 1 aliphatic heterocycles. The molecule has 3 nitrogen and oxygen atoms in total. The fourth-order valence-electron chi connectivity index (χ4n) is 3.90. The van der Waals surface area contributed by atoms with Gasteiger partial charge in [-0.05, 0) is 70.0 Å². The van der Waals surface area contributed by atoms with Crippen molar-refractivity contribution in [3.05, 3.63) is 0 Å². The van der Waals surface area contributed by atoms with Crippen LogP contribution in [0.25, 0.3) is 0 Å². The van der Waals surface area contributed by atoms with Gasteiger partial charge in [-0.3, -0.25) is 0 Å². The molecule has 1 saturated heterocycles. The van der Waals surface area contributed by atoms with E-state index in [-0.39, 0.29) is 12.1 Å². The summed E-state index contributed by atoms with van der Waals surface area (Å²) in [4.78, 5) is 2.61. The van der Waals surface area contributed by atoms with Crippen LogP contribution in [0.4, 0.5) is 0 Å². The minimum atomic E-state index is -0.345. The van der Waals surface area contributed by atoms with Crippen LogP contribution in [-0.2, 0) is 0 Å². The molecule has 2 aliphatic rings. The monoisotopic (exact) mass is 268 g/mol. The van der Waals surface area contributed by atoms with E-state index in [0.29, 0.717) is 0 Å². The molecule has 0 bridgehead atoms. The molecule has 3 N–H and O–H groups in total. The molecule has 0 aromatic heterocycles. The summed E-state index contributed by atoms with van der Waals surface area (Å²) >= 11 is 0. The molecule has 2 fully saturated rings. The van der Waals surface area contributed by atoms with Gasteiger partial charge in [0.15, 0.2) is 0 Å². The quantitative estimate of drug-likeness (QED) is 0.778. The summed E-state index contributed by atoms with van der Waals surface area (Å²) in [6, 6.07) is 0.